The van der Waals surface area contributed by atoms with E-state index in [-0.39, 0.29) is 24.3 Å². The first kappa shape index (κ1) is 20.6. The van der Waals surface area contributed by atoms with Crippen molar-refractivity contribution in [1.29, 1.82) is 0 Å². The monoisotopic (exact) mass is 372 g/mol. The van der Waals surface area contributed by atoms with Gasteiger partial charge in [-0.1, -0.05) is 0 Å². The van der Waals surface area contributed by atoms with E-state index in [1.165, 1.54) is 12.1 Å². The van der Waals surface area contributed by atoms with Crippen LogP contribution in [0, 0.1) is 0 Å². The summed E-state index contributed by atoms with van der Waals surface area (Å²) in [4.78, 5) is 24.2. The molecule has 6 nitrogen and oxygen atoms in total. The molecule has 0 unspecified atom stereocenters. The maximum atomic E-state index is 12.2. The average Bonchev–Trinajstić information content (AvgIpc) is 2.62. The molecule has 0 aliphatic carbocycles. The van der Waals surface area contributed by atoms with E-state index in [1.54, 1.807) is 32.4 Å². The van der Waals surface area contributed by atoms with Gasteiger partial charge >= 0.3 is 147 Å². The van der Waals surface area contributed by atoms with Crippen molar-refractivity contribution < 1.29 is 43.1 Å². The Morgan fingerprint density at radius 1 is 1.08 bits per heavy atom. The molecule has 0 fully saturated rings. The van der Waals surface area contributed by atoms with E-state index in [4.69, 9.17) is 16.1 Å². The first-order valence-electron chi connectivity index (χ1n) is 7.62. The average molecular weight is 372 g/mol. The van der Waals surface area contributed by atoms with Crippen LogP contribution in [-0.2, 0) is 33.5 Å². The Morgan fingerprint density at radius 3 is 2.12 bits per heavy atom. The summed E-state index contributed by atoms with van der Waals surface area (Å²) in [6.45, 7) is 3.81. The SMILES string of the molecule is C=CCOC(=O)c1ccccc1C(=O)OCC[CH2][Ti]([CH3])([O]C)[O]C. The zero-order chi connectivity index (χ0) is 18.0. The van der Waals surface area contributed by atoms with E-state index in [1.807, 2.05) is 5.23 Å². The van der Waals surface area contributed by atoms with Crippen molar-refractivity contribution >= 4 is 11.9 Å². The molecule has 0 spiro atoms. The van der Waals surface area contributed by atoms with Crippen molar-refractivity contribution in [3.8, 4) is 0 Å². The molecule has 0 amide bonds. The minimum absolute atomic E-state index is 0.0844. The summed E-state index contributed by atoms with van der Waals surface area (Å²) in [5, 5.41) is 1.99. The number of carbonyl (C=O) groups excluding carboxylic acids is 2. The van der Waals surface area contributed by atoms with Gasteiger partial charge in [-0.3, -0.25) is 0 Å². The molecule has 7 heteroatoms. The summed E-state index contributed by atoms with van der Waals surface area (Å²) in [5.74, 6) is -1.13. The summed E-state index contributed by atoms with van der Waals surface area (Å²) >= 11 is -2.68. The minimum atomic E-state index is -2.68. The van der Waals surface area contributed by atoms with E-state index in [9.17, 15) is 9.59 Å². The van der Waals surface area contributed by atoms with Crippen LogP contribution in [0.15, 0.2) is 36.9 Å². The van der Waals surface area contributed by atoms with Crippen LogP contribution in [0.25, 0.3) is 0 Å². The quantitative estimate of drug-likeness (QED) is 0.272. The van der Waals surface area contributed by atoms with E-state index in [0.717, 1.165) is 4.73 Å². The molecule has 1 rings (SSSR count). The molecule has 0 saturated carbocycles. The standard InChI is InChI=1S/C14H15O4.2CH3O.CH3.Ti/c1-3-9-17-13(15)11-7-5-6-8-12(11)14(16)18-10-4-2;2*1-2;;/h3,5-8H,1-2,4,9-10H2;2*1H3;1H3;/q;2*-1;;+2. The Labute approximate surface area is 147 Å². The van der Waals surface area contributed by atoms with Gasteiger partial charge < -0.3 is 0 Å². The Balaban J connectivity index is 2.62. The van der Waals surface area contributed by atoms with Crippen molar-refractivity contribution in [3.05, 3.63) is 48.0 Å². The van der Waals surface area contributed by atoms with Gasteiger partial charge in [0.05, 0.1) is 0 Å². The number of esters is 2. The van der Waals surface area contributed by atoms with Gasteiger partial charge in [0, 0.05) is 0 Å². The number of hydrogen-bond donors (Lipinski definition) is 0. The number of ether oxygens (including phenoxy) is 2. The predicted octanol–water partition coefficient (Wildman–Crippen LogP) is 3.32. The van der Waals surface area contributed by atoms with Crippen molar-refractivity contribution in [1.82, 2.24) is 0 Å². The molecule has 0 radical (unpaired) electrons. The van der Waals surface area contributed by atoms with Crippen molar-refractivity contribution in [2.45, 2.75) is 16.4 Å². The first-order valence-corrected chi connectivity index (χ1v) is 11.6. The molecule has 0 saturated heterocycles. The second-order valence-corrected chi connectivity index (χ2v) is 10.8. The molecule has 0 atom stereocenters. The third-order valence-corrected chi connectivity index (χ3v) is 8.24. The fourth-order valence-corrected chi connectivity index (χ4v) is 4.10. The third-order valence-electron chi connectivity index (χ3n) is 3.57. The van der Waals surface area contributed by atoms with Crippen LogP contribution in [0.4, 0.5) is 0 Å². The zero-order valence-corrected chi connectivity index (χ0v) is 15.9. The Hall–Kier alpha value is -1.47. The van der Waals surface area contributed by atoms with Gasteiger partial charge in [-0.2, -0.15) is 0 Å². The Bertz CT molecular complexity index is 568. The molecule has 0 aromatic heterocycles. The van der Waals surface area contributed by atoms with Crippen LogP contribution in [0.5, 0.6) is 0 Å². The van der Waals surface area contributed by atoms with E-state index >= 15 is 0 Å². The second kappa shape index (κ2) is 10.4. The summed E-state index contributed by atoms with van der Waals surface area (Å²) in [7, 11) is 3.28. The molecule has 1 aromatic carbocycles. The van der Waals surface area contributed by atoms with Gasteiger partial charge in [0.2, 0.25) is 0 Å². The summed E-state index contributed by atoms with van der Waals surface area (Å²) in [6, 6.07) is 6.41. The first-order chi connectivity index (χ1) is 11.5. The summed E-state index contributed by atoms with van der Waals surface area (Å²) in [5.41, 5.74) is 0.370. The molecule has 1 aromatic rings. The molecular weight excluding hydrogens is 348 g/mol. The predicted molar refractivity (Wildman–Crippen MR) is 86.5 cm³/mol. The summed E-state index contributed by atoms with van der Waals surface area (Å²) in [6.07, 6.45) is 2.11. The van der Waals surface area contributed by atoms with E-state index < -0.39 is 29.3 Å². The zero-order valence-electron chi connectivity index (χ0n) is 14.4. The molecule has 0 aliphatic rings. The number of hydrogen-bond acceptors (Lipinski definition) is 6. The van der Waals surface area contributed by atoms with Gasteiger partial charge in [0.25, 0.3) is 0 Å². The van der Waals surface area contributed by atoms with E-state index in [2.05, 4.69) is 6.58 Å². The van der Waals surface area contributed by atoms with Crippen LogP contribution < -0.4 is 0 Å². The molecule has 0 heterocycles. The summed E-state index contributed by atoms with van der Waals surface area (Å²) < 4.78 is 21.8. The van der Waals surface area contributed by atoms with Gasteiger partial charge in [-0.15, -0.1) is 0 Å². The maximum absolute atomic E-state index is 12.2. The van der Waals surface area contributed by atoms with Crippen LogP contribution in [0.1, 0.15) is 27.1 Å². The van der Waals surface area contributed by atoms with Gasteiger partial charge in [0.15, 0.2) is 0 Å². The fourth-order valence-electron chi connectivity index (χ4n) is 1.97. The molecule has 0 bridgehead atoms. The number of benzene rings is 1. The second-order valence-electron chi connectivity index (χ2n) is 5.21. The van der Waals surface area contributed by atoms with Crippen LogP contribution in [0.2, 0.25) is 9.95 Å². The van der Waals surface area contributed by atoms with Gasteiger partial charge in [-0.05, 0) is 0 Å². The molecule has 24 heavy (non-hydrogen) atoms. The third kappa shape index (κ3) is 6.21. The van der Waals surface area contributed by atoms with Crippen LogP contribution in [-0.4, -0.2) is 39.4 Å². The van der Waals surface area contributed by atoms with Gasteiger partial charge in [-0.25, -0.2) is 0 Å². The molecular formula is C17H24O6Ti. The molecule has 0 aliphatic heterocycles. The van der Waals surface area contributed by atoms with Gasteiger partial charge in [0.1, 0.15) is 0 Å². The Kier molecular flexibility index (Phi) is 8.93. The number of rotatable bonds is 10. The van der Waals surface area contributed by atoms with Crippen LogP contribution >= 0.6 is 0 Å². The van der Waals surface area contributed by atoms with Crippen molar-refractivity contribution in [2.75, 3.05) is 27.4 Å². The molecule has 132 valence electrons. The van der Waals surface area contributed by atoms with Crippen molar-refractivity contribution in [3.63, 3.8) is 0 Å². The van der Waals surface area contributed by atoms with Crippen molar-refractivity contribution in [2.24, 2.45) is 0 Å². The Morgan fingerprint density at radius 2 is 1.62 bits per heavy atom. The van der Waals surface area contributed by atoms with E-state index in [0.29, 0.717) is 6.42 Å². The molecule has 0 N–H and O–H groups in total. The number of carbonyl (C=O) groups is 2. The topological polar surface area (TPSA) is 71.1 Å². The normalized spacial score (nSPS) is 11.0. The van der Waals surface area contributed by atoms with Crippen LogP contribution in [0.3, 0.4) is 0 Å². The fraction of sp³-hybridized carbons (Fsp3) is 0.412.